The molecule has 1 fully saturated rings. The molecule has 0 spiro atoms. The van der Waals surface area contributed by atoms with Crippen molar-refractivity contribution in [3.05, 3.63) is 86.0 Å². The Hall–Kier alpha value is -3.36. The van der Waals surface area contributed by atoms with Crippen LogP contribution in [0.25, 0.3) is 17.4 Å². The summed E-state index contributed by atoms with van der Waals surface area (Å²) in [5, 5.41) is 10.9. The third-order valence-electron chi connectivity index (χ3n) is 4.45. The molecule has 0 unspecified atom stereocenters. The van der Waals surface area contributed by atoms with E-state index in [2.05, 4.69) is 0 Å². The highest BCUT2D eigenvalue weighted by molar-refractivity contribution is 8.19. The number of rotatable bonds is 4. The van der Waals surface area contributed by atoms with E-state index in [0.29, 0.717) is 33.4 Å². The van der Waals surface area contributed by atoms with Crippen LogP contribution in [0, 0.1) is 17.0 Å². The minimum atomic E-state index is -0.461. The van der Waals surface area contributed by atoms with Gasteiger partial charge in [-0.25, -0.2) is 4.90 Å². The second kappa shape index (κ2) is 7.81. The lowest BCUT2D eigenvalue weighted by Crippen LogP contribution is -2.27. The van der Waals surface area contributed by atoms with Gasteiger partial charge in [-0.2, -0.15) is 0 Å². The van der Waals surface area contributed by atoms with E-state index < -0.39 is 16.1 Å². The van der Waals surface area contributed by atoms with E-state index in [9.17, 15) is 19.7 Å². The molecule has 0 atom stereocenters. The molecule has 1 saturated heterocycles. The van der Waals surface area contributed by atoms with Crippen molar-refractivity contribution < 1.29 is 18.9 Å². The SMILES string of the molecule is Cc1cc([N+](=O)[O-])ccc1-c1ccc(/C=C2/SC(=O)N(c3cccc(Cl)c3)C2=O)o1. The Kier molecular flexibility index (Phi) is 5.19. The molecular weight excluding hydrogens is 428 g/mol. The number of anilines is 1. The number of carbonyl (C=O) groups is 2. The number of hydrogen-bond acceptors (Lipinski definition) is 6. The molecule has 0 saturated carbocycles. The third-order valence-corrected chi connectivity index (χ3v) is 5.55. The molecule has 2 amide bonds. The first kappa shape index (κ1) is 19.9. The number of hydrogen-bond donors (Lipinski definition) is 0. The number of non-ortho nitro benzene ring substituents is 1. The molecule has 1 aromatic heterocycles. The van der Waals surface area contributed by atoms with Gasteiger partial charge < -0.3 is 4.42 Å². The molecule has 0 bridgehead atoms. The first-order valence-corrected chi connectivity index (χ1v) is 9.92. The van der Waals surface area contributed by atoms with Crippen LogP contribution in [0.1, 0.15) is 11.3 Å². The summed E-state index contributed by atoms with van der Waals surface area (Å²) in [4.78, 5) is 36.8. The van der Waals surface area contributed by atoms with E-state index in [4.69, 9.17) is 16.0 Å². The van der Waals surface area contributed by atoms with E-state index in [0.717, 1.165) is 16.7 Å². The van der Waals surface area contributed by atoms with Crippen LogP contribution in [-0.2, 0) is 4.79 Å². The molecule has 0 aliphatic carbocycles. The Morgan fingerprint density at radius 2 is 1.93 bits per heavy atom. The van der Waals surface area contributed by atoms with Crippen LogP contribution in [0.5, 0.6) is 0 Å². The minimum Gasteiger partial charge on any atom is -0.457 e. The summed E-state index contributed by atoms with van der Waals surface area (Å²) in [5.41, 5.74) is 1.78. The number of nitrogens with zero attached hydrogens (tertiary/aromatic N) is 2. The molecule has 150 valence electrons. The van der Waals surface area contributed by atoms with Gasteiger partial charge in [0.05, 0.1) is 15.5 Å². The van der Waals surface area contributed by atoms with Crippen molar-refractivity contribution in [2.45, 2.75) is 6.92 Å². The topological polar surface area (TPSA) is 93.7 Å². The lowest BCUT2D eigenvalue weighted by molar-refractivity contribution is -0.384. The molecule has 1 aliphatic rings. The van der Waals surface area contributed by atoms with Crippen molar-refractivity contribution in [2.75, 3.05) is 4.90 Å². The summed E-state index contributed by atoms with van der Waals surface area (Å²) in [6, 6.07) is 14.4. The highest BCUT2D eigenvalue weighted by atomic mass is 35.5. The average Bonchev–Trinajstić information content (AvgIpc) is 3.26. The largest absolute Gasteiger partial charge is 0.457 e. The van der Waals surface area contributed by atoms with Crippen molar-refractivity contribution in [3.8, 4) is 11.3 Å². The van der Waals surface area contributed by atoms with Gasteiger partial charge in [-0.15, -0.1) is 0 Å². The van der Waals surface area contributed by atoms with Gasteiger partial charge in [0.15, 0.2) is 0 Å². The summed E-state index contributed by atoms with van der Waals surface area (Å²) in [5.74, 6) is 0.429. The van der Waals surface area contributed by atoms with Crippen LogP contribution in [0.2, 0.25) is 5.02 Å². The summed E-state index contributed by atoms with van der Waals surface area (Å²) in [6.45, 7) is 1.75. The highest BCUT2D eigenvalue weighted by Crippen LogP contribution is 2.37. The lowest BCUT2D eigenvalue weighted by atomic mass is 10.1. The normalized spacial score (nSPS) is 15.3. The number of thioether (sulfide) groups is 1. The first-order valence-electron chi connectivity index (χ1n) is 8.72. The van der Waals surface area contributed by atoms with Crippen LogP contribution in [0.3, 0.4) is 0 Å². The van der Waals surface area contributed by atoms with Crippen molar-refractivity contribution in [2.24, 2.45) is 0 Å². The van der Waals surface area contributed by atoms with E-state index in [1.54, 1.807) is 49.4 Å². The Morgan fingerprint density at radius 3 is 2.63 bits per heavy atom. The molecule has 2 aromatic carbocycles. The summed E-state index contributed by atoms with van der Waals surface area (Å²) >= 11 is 6.77. The molecule has 9 heteroatoms. The number of carbonyl (C=O) groups excluding carboxylic acids is 2. The summed E-state index contributed by atoms with van der Waals surface area (Å²) in [6.07, 6.45) is 1.50. The molecule has 2 heterocycles. The smallest absolute Gasteiger partial charge is 0.298 e. The number of imide groups is 1. The molecule has 0 radical (unpaired) electrons. The van der Waals surface area contributed by atoms with E-state index in [1.165, 1.54) is 18.2 Å². The van der Waals surface area contributed by atoms with Gasteiger partial charge in [0.25, 0.3) is 16.8 Å². The lowest BCUT2D eigenvalue weighted by Gasteiger charge is -2.12. The molecule has 0 N–H and O–H groups in total. The minimum absolute atomic E-state index is 0.00211. The van der Waals surface area contributed by atoms with Crippen LogP contribution >= 0.6 is 23.4 Å². The fourth-order valence-corrected chi connectivity index (χ4v) is 4.05. The fourth-order valence-electron chi connectivity index (χ4n) is 3.05. The number of amides is 2. The summed E-state index contributed by atoms with van der Waals surface area (Å²) < 4.78 is 5.79. The van der Waals surface area contributed by atoms with Crippen LogP contribution < -0.4 is 4.90 Å². The molecule has 30 heavy (non-hydrogen) atoms. The standard InChI is InChI=1S/C21H13ClN2O5S/c1-12-9-15(24(27)28)5-7-17(12)18-8-6-16(29-18)11-19-20(25)23(21(26)30-19)14-4-2-3-13(22)10-14/h2-11H,1H3/b19-11+. The van der Waals surface area contributed by atoms with Gasteiger partial charge in [0, 0.05) is 28.8 Å². The second-order valence-corrected chi connectivity index (χ2v) is 7.88. The molecule has 3 aromatic rings. The maximum atomic E-state index is 12.7. The molecule has 7 nitrogen and oxygen atoms in total. The van der Waals surface area contributed by atoms with Gasteiger partial charge >= 0.3 is 0 Å². The zero-order chi connectivity index (χ0) is 21.4. The Balaban J connectivity index is 1.61. The third kappa shape index (κ3) is 3.74. The van der Waals surface area contributed by atoms with Gasteiger partial charge in [-0.1, -0.05) is 17.7 Å². The van der Waals surface area contributed by atoms with Crippen molar-refractivity contribution >= 4 is 52.0 Å². The number of halogens is 1. The first-order chi connectivity index (χ1) is 14.3. The van der Waals surface area contributed by atoms with Crippen LogP contribution in [0.15, 0.2) is 63.9 Å². The number of furan rings is 1. The van der Waals surface area contributed by atoms with Gasteiger partial charge in [0.2, 0.25) is 0 Å². The van der Waals surface area contributed by atoms with E-state index in [-0.39, 0.29) is 10.6 Å². The quantitative estimate of drug-likeness (QED) is 0.278. The maximum absolute atomic E-state index is 12.7. The fraction of sp³-hybridized carbons (Fsp3) is 0.0476. The van der Waals surface area contributed by atoms with E-state index in [1.807, 2.05) is 0 Å². The van der Waals surface area contributed by atoms with Gasteiger partial charge in [-0.3, -0.25) is 19.7 Å². The number of nitro groups is 1. The molecule has 4 rings (SSSR count). The Morgan fingerprint density at radius 1 is 1.13 bits per heavy atom. The molecular formula is C21H13ClN2O5S. The molecule has 1 aliphatic heterocycles. The number of nitro benzene ring substituents is 1. The van der Waals surface area contributed by atoms with E-state index >= 15 is 0 Å². The van der Waals surface area contributed by atoms with Crippen molar-refractivity contribution in [3.63, 3.8) is 0 Å². The predicted molar refractivity (Wildman–Crippen MR) is 115 cm³/mol. The zero-order valence-corrected chi connectivity index (χ0v) is 17.1. The van der Waals surface area contributed by atoms with Crippen molar-refractivity contribution in [1.82, 2.24) is 0 Å². The summed E-state index contributed by atoms with van der Waals surface area (Å²) in [7, 11) is 0. The van der Waals surface area contributed by atoms with Crippen molar-refractivity contribution in [1.29, 1.82) is 0 Å². The zero-order valence-electron chi connectivity index (χ0n) is 15.5. The highest BCUT2D eigenvalue weighted by Gasteiger charge is 2.36. The van der Waals surface area contributed by atoms with Crippen LogP contribution in [-0.4, -0.2) is 16.1 Å². The predicted octanol–water partition coefficient (Wildman–Crippen LogP) is 6.06. The monoisotopic (exact) mass is 440 g/mol. The van der Waals surface area contributed by atoms with Gasteiger partial charge in [0.1, 0.15) is 11.5 Å². The second-order valence-electron chi connectivity index (χ2n) is 6.46. The number of aryl methyl sites for hydroxylation is 1. The number of benzene rings is 2. The Bertz CT molecular complexity index is 1230. The van der Waals surface area contributed by atoms with Crippen LogP contribution in [0.4, 0.5) is 16.2 Å². The van der Waals surface area contributed by atoms with Gasteiger partial charge in [-0.05, 0) is 60.6 Å². The average molecular weight is 441 g/mol. The Labute approximate surface area is 180 Å². The maximum Gasteiger partial charge on any atom is 0.298 e.